The van der Waals surface area contributed by atoms with Crippen LogP contribution >= 0.6 is 0 Å². The van der Waals surface area contributed by atoms with Crippen molar-refractivity contribution in [2.75, 3.05) is 6.54 Å². The van der Waals surface area contributed by atoms with Gasteiger partial charge in [-0.25, -0.2) is 0 Å². The lowest BCUT2D eigenvalue weighted by atomic mass is 10.0. The number of carboxylic acids is 1. The number of nitriles is 1. The first-order chi connectivity index (χ1) is 8.82. The second-order valence-corrected chi connectivity index (χ2v) is 5.55. The molecule has 0 fully saturated rings. The normalized spacial score (nSPS) is 11.3. The maximum Gasteiger partial charge on any atom is 0.304 e. The average molecular weight is 260 g/mol. The molecule has 0 spiro atoms. The van der Waals surface area contributed by atoms with Gasteiger partial charge in [0.1, 0.15) is 0 Å². The number of hydrogen-bond donors (Lipinski definition) is 1. The van der Waals surface area contributed by atoms with Gasteiger partial charge in [-0.15, -0.1) is 0 Å². The van der Waals surface area contributed by atoms with Gasteiger partial charge in [-0.1, -0.05) is 12.1 Å². The standard InChI is InChI=1S/C15H20N2O2/c1-15(2,3)17(8-7-14(18)19)11-13-6-4-5-12(9-13)10-16/h4-6,9H,7-8,11H2,1-3H3,(H,18,19). The molecule has 19 heavy (non-hydrogen) atoms. The zero-order valence-corrected chi connectivity index (χ0v) is 11.7. The summed E-state index contributed by atoms with van der Waals surface area (Å²) in [6, 6.07) is 9.54. The molecule has 1 rings (SSSR count). The number of rotatable bonds is 5. The molecule has 4 heteroatoms. The number of benzene rings is 1. The van der Waals surface area contributed by atoms with Crippen molar-refractivity contribution in [1.82, 2.24) is 4.90 Å². The summed E-state index contributed by atoms with van der Waals surface area (Å²) in [6.45, 7) is 7.32. The first-order valence-electron chi connectivity index (χ1n) is 6.29. The van der Waals surface area contributed by atoms with E-state index in [0.717, 1.165) is 5.56 Å². The highest BCUT2D eigenvalue weighted by molar-refractivity contribution is 5.66. The number of hydrogen-bond acceptors (Lipinski definition) is 3. The smallest absolute Gasteiger partial charge is 0.304 e. The molecular formula is C15H20N2O2. The molecule has 0 bridgehead atoms. The number of carboxylic acid groups (broad SMARTS) is 1. The molecule has 0 aromatic heterocycles. The predicted molar refractivity (Wildman–Crippen MR) is 73.6 cm³/mol. The molecule has 1 aromatic rings. The summed E-state index contributed by atoms with van der Waals surface area (Å²) in [5, 5.41) is 17.7. The fourth-order valence-electron chi connectivity index (χ4n) is 1.84. The number of aliphatic carboxylic acids is 1. The van der Waals surface area contributed by atoms with Gasteiger partial charge < -0.3 is 5.11 Å². The highest BCUT2D eigenvalue weighted by atomic mass is 16.4. The minimum atomic E-state index is -0.792. The quantitative estimate of drug-likeness (QED) is 0.884. The Morgan fingerprint density at radius 2 is 2.11 bits per heavy atom. The van der Waals surface area contributed by atoms with Gasteiger partial charge in [0.2, 0.25) is 0 Å². The molecule has 0 unspecified atom stereocenters. The summed E-state index contributed by atoms with van der Waals surface area (Å²) >= 11 is 0. The second-order valence-electron chi connectivity index (χ2n) is 5.55. The Balaban J connectivity index is 2.82. The van der Waals surface area contributed by atoms with Crippen molar-refractivity contribution in [3.05, 3.63) is 35.4 Å². The van der Waals surface area contributed by atoms with Crippen molar-refractivity contribution >= 4 is 5.97 Å². The van der Waals surface area contributed by atoms with Crippen molar-refractivity contribution in [3.8, 4) is 6.07 Å². The fourth-order valence-corrected chi connectivity index (χ4v) is 1.84. The van der Waals surface area contributed by atoms with Crippen LogP contribution in [0.15, 0.2) is 24.3 Å². The molecule has 0 heterocycles. The van der Waals surface area contributed by atoms with Gasteiger partial charge in [-0.05, 0) is 38.5 Å². The zero-order valence-electron chi connectivity index (χ0n) is 11.7. The van der Waals surface area contributed by atoms with Gasteiger partial charge in [0.05, 0.1) is 18.1 Å². The Hall–Kier alpha value is -1.86. The Morgan fingerprint density at radius 3 is 2.63 bits per heavy atom. The molecule has 0 amide bonds. The van der Waals surface area contributed by atoms with Gasteiger partial charge in [-0.3, -0.25) is 9.69 Å². The minimum absolute atomic E-state index is 0.113. The van der Waals surface area contributed by atoms with Crippen molar-refractivity contribution in [2.24, 2.45) is 0 Å². The summed E-state index contributed by atoms with van der Waals surface area (Å²) in [6.07, 6.45) is 0.120. The predicted octanol–water partition coefficient (Wildman–Crippen LogP) is 2.63. The van der Waals surface area contributed by atoms with E-state index in [4.69, 9.17) is 10.4 Å². The van der Waals surface area contributed by atoms with Crippen molar-refractivity contribution in [3.63, 3.8) is 0 Å². The van der Waals surface area contributed by atoms with Gasteiger partial charge in [-0.2, -0.15) is 5.26 Å². The molecule has 4 nitrogen and oxygen atoms in total. The lowest BCUT2D eigenvalue weighted by molar-refractivity contribution is -0.137. The Labute approximate surface area is 114 Å². The van der Waals surface area contributed by atoms with Crippen LogP contribution in [0.3, 0.4) is 0 Å². The van der Waals surface area contributed by atoms with Gasteiger partial charge in [0.15, 0.2) is 0 Å². The third-order valence-corrected chi connectivity index (χ3v) is 2.97. The Morgan fingerprint density at radius 1 is 1.42 bits per heavy atom. The number of nitrogens with zero attached hydrogens (tertiary/aromatic N) is 2. The maximum absolute atomic E-state index is 10.7. The van der Waals surface area contributed by atoms with Crippen LogP contribution < -0.4 is 0 Å². The van der Waals surface area contributed by atoms with Crippen LogP contribution in [-0.4, -0.2) is 28.1 Å². The monoisotopic (exact) mass is 260 g/mol. The van der Waals surface area contributed by atoms with Crippen LogP contribution in [0.25, 0.3) is 0 Å². The van der Waals surface area contributed by atoms with Crippen LogP contribution in [0.2, 0.25) is 0 Å². The third-order valence-electron chi connectivity index (χ3n) is 2.97. The van der Waals surface area contributed by atoms with Crippen LogP contribution in [0.5, 0.6) is 0 Å². The van der Waals surface area contributed by atoms with Crippen LogP contribution in [0, 0.1) is 11.3 Å². The molecule has 0 atom stereocenters. The van der Waals surface area contributed by atoms with Crippen molar-refractivity contribution in [1.29, 1.82) is 5.26 Å². The van der Waals surface area contributed by atoms with E-state index in [0.29, 0.717) is 18.7 Å². The topological polar surface area (TPSA) is 64.3 Å². The van der Waals surface area contributed by atoms with Crippen LogP contribution in [0.1, 0.15) is 38.3 Å². The Kier molecular flexibility index (Phi) is 5.08. The lowest BCUT2D eigenvalue weighted by Gasteiger charge is -2.35. The maximum atomic E-state index is 10.7. The largest absolute Gasteiger partial charge is 0.481 e. The molecule has 102 valence electrons. The van der Waals surface area contributed by atoms with Gasteiger partial charge >= 0.3 is 5.97 Å². The molecule has 0 aliphatic rings. The Bertz CT molecular complexity index is 484. The SMILES string of the molecule is CC(C)(C)N(CCC(=O)O)Cc1cccc(C#N)c1. The van der Waals surface area contributed by atoms with E-state index in [1.54, 1.807) is 6.07 Å². The van der Waals surface area contributed by atoms with E-state index in [1.807, 2.05) is 18.2 Å². The molecule has 1 N–H and O–H groups in total. The highest BCUT2D eigenvalue weighted by Gasteiger charge is 2.21. The fraction of sp³-hybridized carbons (Fsp3) is 0.467. The molecule has 0 aliphatic heterocycles. The minimum Gasteiger partial charge on any atom is -0.481 e. The van der Waals surface area contributed by atoms with Crippen LogP contribution in [-0.2, 0) is 11.3 Å². The second kappa shape index (κ2) is 6.35. The molecule has 0 radical (unpaired) electrons. The van der Waals surface area contributed by atoms with Gasteiger partial charge in [0.25, 0.3) is 0 Å². The summed E-state index contributed by atoms with van der Waals surface area (Å²) in [7, 11) is 0. The first kappa shape index (κ1) is 15.2. The summed E-state index contributed by atoms with van der Waals surface area (Å²) in [4.78, 5) is 12.8. The number of carbonyl (C=O) groups is 1. The zero-order chi connectivity index (χ0) is 14.5. The van der Waals surface area contributed by atoms with Crippen LogP contribution in [0.4, 0.5) is 0 Å². The van der Waals surface area contributed by atoms with Gasteiger partial charge in [0, 0.05) is 18.6 Å². The lowest BCUT2D eigenvalue weighted by Crippen LogP contribution is -2.42. The van der Waals surface area contributed by atoms with E-state index in [1.165, 1.54) is 0 Å². The molecule has 1 aromatic carbocycles. The highest BCUT2D eigenvalue weighted by Crippen LogP contribution is 2.18. The van der Waals surface area contributed by atoms with E-state index < -0.39 is 5.97 Å². The molecule has 0 saturated carbocycles. The third kappa shape index (κ3) is 5.11. The van der Waals surface area contributed by atoms with Crippen molar-refractivity contribution < 1.29 is 9.90 Å². The van der Waals surface area contributed by atoms with Crippen molar-refractivity contribution in [2.45, 2.75) is 39.3 Å². The van der Waals surface area contributed by atoms with E-state index >= 15 is 0 Å². The van der Waals surface area contributed by atoms with E-state index in [9.17, 15) is 4.79 Å². The summed E-state index contributed by atoms with van der Waals surface area (Å²) < 4.78 is 0. The van der Waals surface area contributed by atoms with E-state index in [-0.39, 0.29) is 12.0 Å². The molecule has 0 aliphatic carbocycles. The van der Waals surface area contributed by atoms with E-state index in [2.05, 4.69) is 31.7 Å². The summed E-state index contributed by atoms with van der Waals surface area (Å²) in [5.74, 6) is -0.792. The molecule has 0 saturated heterocycles. The average Bonchev–Trinajstić information content (AvgIpc) is 2.33. The summed E-state index contributed by atoms with van der Waals surface area (Å²) in [5.41, 5.74) is 1.54. The first-order valence-corrected chi connectivity index (χ1v) is 6.29. The molecular weight excluding hydrogens is 240 g/mol.